The van der Waals surface area contributed by atoms with Crippen LogP contribution in [0.25, 0.3) is 0 Å². The highest BCUT2D eigenvalue weighted by atomic mass is 32.2. The van der Waals surface area contributed by atoms with Crippen molar-refractivity contribution >= 4 is 16.0 Å². The van der Waals surface area contributed by atoms with E-state index in [1.807, 2.05) is 0 Å². The van der Waals surface area contributed by atoms with E-state index >= 15 is 0 Å². The van der Waals surface area contributed by atoms with Gasteiger partial charge in [-0.25, -0.2) is 12.8 Å². The van der Waals surface area contributed by atoms with E-state index in [-0.39, 0.29) is 10.5 Å². The summed E-state index contributed by atoms with van der Waals surface area (Å²) >= 11 is 0. The monoisotopic (exact) mass is 315 g/mol. The molecule has 0 fully saturated rings. The van der Waals surface area contributed by atoms with Crippen LogP contribution in [0.4, 0.5) is 4.39 Å². The topological polar surface area (TPSA) is 92.7 Å². The van der Waals surface area contributed by atoms with Gasteiger partial charge in [-0.1, -0.05) is 11.8 Å². The quantitative estimate of drug-likeness (QED) is 0.603. The Morgan fingerprint density at radius 1 is 1.52 bits per heavy atom. The van der Waals surface area contributed by atoms with E-state index in [1.54, 1.807) is 0 Å². The maximum absolute atomic E-state index is 13.2. The number of carbonyl (C=O) groups excluding carboxylic acids is 1. The first-order valence-corrected chi connectivity index (χ1v) is 7.29. The van der Waals surface area contributed by atoms with Crippen molar-refractivity contribution < 1.29 is 27.4 Å². The summed E-state index contributed by atoms with van der Waals surface area (Å²) in [5, 5.41) is 8.65. The average Bonchev–Trinajstić information content (AvgIpc) is 2.43. The first-order chi connectivity index (χ1) is 9.81. The molecule has 1 aromatic rings. The number of nitrogens with one attached hydrogen (secondary N) is 1. The number of aliphatic hydroxyl groups is 1. The molecule has 1 atom stereocenters. The highest BCUT2D eigenvalue weighted by molar-refractivity contribution is 7.89. The Kier molecular flexibility index (Phi) is 5.84. The number of halogens is 1. The van der Waals surface area contributed by atoms with Crippen LogP contribution in [0.1, 0.15) is 12.5 Å². The van der Waals surface area contributed by atoms with Gasteiger partial charge in [-0.15, -0.1) is 0 Å². The molecule has 1 aromatic carbocycles. The summed E-state index contributed by atoms with van der Waals surface area (Å²) in [6, 6.07) is 1.81. The SMILES string of the molecule is COC(=O)C(C)NS(=O)(=O)c1ccc(F)cc1C#CCO. The molecule has 0 heterocycles. The van der Waals surface area contributed by atoms with Crippen molar-refractivity contribution in [3.05, 3.63) is 29.6 Å². The molecule has 0 aliphatic heterocycles. The van der Waals surface area contributed by atoms with Crippen LogP contribution < -0.4 is 4.72 Å². The molecule has 0 bridgehead atoms. The lowest BCUT2D eigenvalue weighted by atomic mass is 10.2. The zero-order chi connectivity index (χ0) is 16.0. The third-order valence-electron chi connectivity index (χ3n) is 2.42. The van der Waals surface area contributed by atoms with E-state index in [0.29, 0.717) is 0 Å². The molecule has 1 unspecified atom stereocenters. The molecule has 114 valence electrons. The molecule has 0 radical (unpaired) electrons. The van der Waals surface area contributed by atoms with Crippen molar-refractivity contribution in [1.82, 2.24) is 4.72 Å². The second kappa shape index (κ2) is 7.17. The van der Waals surface area contributed by atoms with Gasteiger partial charge < -0.3 is 9.84 Å². The highest BCUT2D eigenvalue weighted by Gasteiger charge is 2.24. The number of aliphatic hydroxyl groups excluding tert-OH is 1. The van der Waals surface area contributed by atoms with Gasteiger partial charge in [-0.05, 0) is 25.1 Å². The molecular formula is C13H14FNO5S. The van der Waals surface area contributed by atoms with Gasteiger partial charge in [-0.3, -0.25) is 4.79 Å². The Morgan fingerprint density at radius 2 is 2.19 bits per heavy atom. The van der Waals surface area contributed by atoms with Crippen LogP contribution in [0.2, 0.25) is 0 Å². The molecule has 0 saturated carbocycles. The number of methoxy groups -OCH3 is 1. The van der Waals surface area contributed by atoms with Crippen LogP contribution in [-0.2, 0) is 19.6 Å². The van der Waals surface area contributed by atoms with Crippen LogP contribution in [-0.4, -0.2) is 39.3 Å². The smallest absolute Gasteiger partial charge is 0.323 e. The molecular weight excluding hydrogens is 301 g/mol. The Labute approximate surface area is 122 Å². The molecule has 0 aliphatic rings. The molecule has 0 aromatic heterocycles. The van der Waals surface area contributed by atoms with Crippen molar-refractivity contribution in [1.29, 1.82) is 0 Å². The zero-order valence-corrected chi connectivity index (χ0v) is 12.2. The standard InChI is InChI=1S/C13H14FNO5S/c1-9(13(17)20-2)15-21(18,19)12-6-5-11(14)8-10(12)4-3-7-16/h5-6,8-9,15-16H,7H2,1-2H3. The number of benzene rings is 1. The predicted octanol–water partition coefficient (Wildman–Crippen LogP) is 0.00930. The van der Waals surface area contributed by atoms with Gasteiger partial charge in [0.05, 0.1) is 12.0 Å². The van der Waals surface area contributed by atoms with E-state index < -0.39 is 34.5 Å². The van der Waals surface area contributed by atoms with Gasteiger partial charge in [0.2, 0.25) is 10.0 Å². The van der Waals surface area contributed by atoms with Gasteiger partial charge in [0.1, 0.15) is 18.5 Å². The van der Waals surface area contributed by atoms with Crippen LogP contribution in [0.5, 0.6) is 0 Å². The molecule has 0 aliphatic carbocycles. The minimum Gasteiger partial charge on any atom is -0.468 e. The van der Waals surface area contributed by atoms with Crippen molar-refractivity contribution in [2.75, 3.05) is 13.7 Å². The maximum atomic E-state index is 13.2. The summed E-state index contributed by atoms with van der Waals surface area (Å²) in [5.74, 6) is 3.17. The van der Waals surface area contributed by atoms with Gasteiger partial charge >= 0.3 is 5.97 Å². The fourth-order valence-electron chi connectivity index (χ4n) is 1.49. The molecule has 1 rings (SSSR count). The molecule has 6 nitrogen and oxygen atoms in total. The summed E-state index contributed by atoms with van der Waals surface area (Å²) in [6.07, 6.45) is 0. The number of esters is 1. The first-order valence-electron chi connectivity index (χ1n) is 5.81. The van der Waals surface area contributed by atoms with Gasteiger partial charge in [-0.2, -0.15) is 4.72 Å². The van der Waals surface area contributed by atoms with Crippen molar-refractivity contribution in [3.8, 4) is 11.8 Å². The molecule has 0 saturated heterocycles. The lowest BCUT2D eigenvalue weighted by Crippen LogP contribution is -2.39. The largest absolute Gasteiger partial charge is 0.468 e. The predicted molar refractivity (Wildman–Crippen MR) is 72.2 cm³/mol. The van der Waals surface area contributed by atoms with E-state index in [0.717, 1.165) is 25.3 Å². The summed E-state index contributed by atoms with van der Waals surface area (Å²) in [6.45, 7) is 0.813. The Balaban J connectivity index is 3.22. The Morgan fingerprint density at radius 3 is 2.76 bits per heavy atom. The fourth-order valence-corrected chi connectivity index (χ4v) is 2.83. The highest BCUT2D eigenvalue weighted by Crippen LogP contribution is 2.16. The Hall–Kier alpha value is -1.95. The van der Waals surface area contributed by atoms with E-state index in [9.17, 15) is 17.6 Å². The van der Waals surface area contributed by atoms with Crippen LogP contribution in [0.15, 0.2) is 23.1 Å². The lowest BCUT2D eigenvalue weighted by Gasteiger charge is -2.13. The summed E-state index contributed by atoms with van der Waals surface area (Å²) in [4.78, 5) is 11.0. The minimum absolute atomic E-state index is 0.117. The summed E-state index contributed by atoms with van der Waals surface area (Å²) in [5.41, 5.74) is -0.117. The molecule has 2 N–H and O–H groups in total. The molecule has 0 amide bonds. The summed E-state index contributed by atoms with van der Waals surface area (Å²) in [7, 11) is -2.97. The first kappa shape index (κ1) is 17.1. The molecule has 0 spiro atoms. The molecule has 21 heavy (non-hydrogen) atoms. The number of ether oxygens (including phenoxy) is 1. The Bertz CT molecular complexity index is 690. The van der Waals surface area contributed by atoms with Crippen LogP contribution in [0, 0.1) is 17.7 Å². The fraction of sp³-hybridized carbons (Fsp3) is 0.308. The normalized spacial score (nSPS) is 12.2. The number of sulfonamides is 1. The second-order valence-corrected chi connectivity index (χ2v) is 5.65. The van der Waals surface area contributed by atoms with E-state index in [2.05, 4.69) is 21.3 Å². The van der Waals surface area contributed by atoms with Crippen molar-refractivity contribution in [2.24, 2.45) is 0 Å². The van der Waals surface area contributed by atoms with Crippen molar-refractivity contribution in [2.45, 2.75) is 17.9 Å². The number of carbonyl (C=O) groups is 1. The average molecular weight is 315 g/mol. The number of hydrogen-bond donors (Lipinski definition) is 2. The van der Waals surface area contributed by atoms with Crippen LogP contribution >= 0.6 is 0 Å². The van der Waals surface area contributed by atoms with E-state index in [1.165, 1.54) is 6.92 Å². The van der Waals surface area contributed by atoms with E-state index in [4.69, 9.17) is 5.11 Å². The third-order valence-corrected chi connectivity index (χ3v) is 4.02. The second-order valence-electron chi connectivity index (χ2n) is 3.97. The lowest BCUT2D eigenvalue weighted by molar-refractivity contribution is -0.142. The maximum Gasteiger partial charge on any atom is 0.323 e. The third kappa shape index (κ3) is 4.53. The van der Waals surface area contributed by atoms with Crippen molar-refractivity contribution in [3.63, 3.8) is 0 Å². The van der Waals surface area contributed by atoms with Gasteiger partial charge in [0, 0.05) is 5.56 Å². The van der Waals surface area contributed by atoms with Gasteiger partial charge in [0.15, 0.2) is 0 Å². The molecule has 8 heteroatoms. The number of hydrogen-bond acceptors (Lipinski definition) is 5. The number of rotatable bonds is 4. The van der Waals surface area contributed by atoms with Gasteiger partial charge in [0.25, 0.3) is 0 Å². The summed E-state index contributed by atoms with van der Waals surface area (Å²) < 4.78 is 44.1. The zero-order valence-electron chi connectivity index (χ0n) is 11.4. The minimum atomic E-state index is -4.09. The van der Waals surface area contributed by atoms with Crippen LogP contribution in [0.3, 0.4) is 0 Å².